The molecule has 1 aromatic carbocycles. The summed E-state index contributed by atoms with van der Waals surface area (Å²) in [5, 5.41) is 0. The van der Waals surface area contributed by atoms with Gasteiger partial charge in [0.25, 0.3) is 0 Å². The van der Waals surface area contributed by atoms with Gasteiger partial charge in [-0.15, -0.1) is 0 Å². The third kappa shape index (κ3) is 2.42. The zero-order valence-electron chi connectivity index (χ0n) is 9.07. The second kappa shape index (κ2) is 5.30. The number of carbonyl (C=O) groups is 1. The highest BCUT2D eigenvalue weighted by atomic mass is 19.2. The van der Waals surface area contributed by atoms with Gasteiger partial charge in [-0.3, -0.25) is 4.79 Å². The Kier molecular flexibility index (Phi) is 4.23. The van der Waals surface area contributed by atoms with Gasteiger partial charge in [0.2, 0.25) is 5.82 Å². The molecule has 0 spiro atoms. The predicted octanol–water partition coefficient (Wildman–Crippen LogP) is 1.42. The predicted molar refractivity (Wildman–Crippen MR) is 49.9 cm³/mol. The molecule has 18 heavy (non-hydrogen) atoms. The molecule has 0 amide bonds. The Morgan fingerprint density at radius 3 is 1.83 bits per heavy atom. The van der Waals surface area contributed by atoms with Crippen molar-refractivity contribution >= 4 is 5.97 Å². The monoisotopic (exact) mass is 269 g/mol. The molecule has 3 nitrogen and oxygen atoms in total. The van der Waals surface area contributed by atoms with E-state index in [2.05, 4.69) is 4.74 Å². The quantitative estimate of drug-likeness (QED) is 0.391. The largest absolute Gasteiger partial charge is 0.468 e. The number of ether oxygens (including phenoxy) is 1. The van der Waals surface area contributed by atoms with Crippen molar-refractivity contribution in [2.45, 2.75) is 12.5 Å². The molecule has 1 atom stereocenters. The van der Waals surface area contributed by atoms with Crippen LogP contribution in [-0.2, 0) is 16.0 Å². The summed E-state index contributed by atoms with van der Waals surface area (Å²) in [7, 11) is 0.973. The average molecular weight is 269 g/mol. The molecule has 0 aromatic heterocycles. The zero-order chi connectivity index (χ0) is 14.0. The van der Waals surface area contributed by atoms with Crippen LogP contribution in [0.4, 0.5) is 22.0 Å². The Hall–Kier alpha value is -1.70. The summed E-state index contributed by atoms with van der Waals surface area (Å²) in [6, 6.07) is -1.52. The van der Waals surface area contributed by atoms with Crippen LogP contribution in [0.25, 0.3) is 0 Å². The van der Waals surface area contributed by atoms with Crippen LogP contribution in [0.3, 0.4) is 0 Å². The number of hydrogen-bond acceptors (Lipinski definition) is 3. The topological polar surface area (TPSA) is 52.3 Å². The molecule has 0 saturated heterocycles. The number of carbonyl (C=O) groups excluding carboxylic acids is 1. The maximum absolute atomic E-state index is 13.2. The molecular weight excluding hydrogens is 261 g/mol. The molecule has 2 N–H and O–H groups in total. The second-order valence-corrected chi connectivity index (χ2v) is 3.38. The molecule has 0 aliphatic carbocycles. The summed E-state index contributed by atoms with van der Waals surface area (Å²) >= 11 is 0. The van der Waals surface area contributed by atoms with Gasteiger partial charge in [0.05, 0.1) is 7.11 Å². The fraction of sp³-hybridized carbons (Fsp3) is 0.300. The van der Waals surface area contributed by atoms with Crippen molar-refractivity contribution in [1.29, 1.82) is 0 Å². The summed E-state index contributed by atoms with van der Waals surface area (Å²) in [5.41, 5.74) is 4.04. The van der Waals surface area contributed by atoms with E-state index in [4.69, 9.17) is 5.73 Å². The lowest BCUT2D eigenvalue weighted by molar-refractivity contribution is -0.142. The number of esters is 1. The Labute approximate surface area is 98.3 Å². The average Bonchev–Trinajstić information content (AvgIpc) is 2.37. The van der Waals surface area contributed by atoms with E-state index in [1.807, 2.05) is 0 Å². The Morgan fingerprint density at radius 2 is 1.44 bits per heavy atom. The minimum atomic E-state index is -2.26. The fourth-order valence-electron chi connectivity index (χ4n) is 1.28. The van der Waals surface area contributed by atoms with Crippen molar-refractivity contribution in [3.8, 4) is 0 Å². The van der Waals surface area contributed by atoms with Crippen molar-refractivity contribution in [3.05, 3.63) is 34.6 Å². The maximum Gasteiger partial charge on any atom is 0.322 e. The van der Waals surface area contributed by atoms with E-state index in [-0.39, 0.29) is 0 Å². The van der Waals surface area contributed by atoms with Crippen molar-refractivity contribution < 1.29 is 31.5 Å². The molecule has 0 saturated carbocycles. The standard InChI is InChI=1S/C10H8F5NO2/c1-18-10(17)4(16)2-3-5(11)7(13)9(15)8(14)6(3)12/h4H,2,16H2,1H3/t4-/m0/s1. The molecule has 0 aliphatic heterocycles. The third-order valence-corrected chi connectivity index (χ3v) is 2.23. The fourth-order valence-corrected chi connectivity index (χ4v) is 1.28. The highest BCUT2D eigenvalue weighted by molar-refractivity contribution is 5.75. The molecular formula is C10H8F5NO2. The van der Waals surface area contributed by atoms with Crippen LogP contribution in [0, 0.1) is 29.1 Å². The molecule has 0 radical (unpaired) electrons. The van der Waals surface area contributed by atoms with Crippen molar-refractivity contribution in [1.82, 2.24) is 0 Å². The number of nitrogens with two attached hydrogens (primary N) is 1. The number of rotatable bonds is 3. The second-order valence-electron chi connectivity index (χ2n) is 3.38. The van der Waals surface area contributed by atoms with Gasteiger partial charge in [0, 0.05) is 12.0 Å². The first kappa shape index (κ1) is 14.4. The number of halogens is 5. The van der Waals surface area contributed by atoms with E-state index in [1.165, 1.54) is 0 Å². The normalized spacial score (nSPS) is 12.4. The number of methoxy groups -OCH3 is 1. The van der Waals surface area contributed by atoms with Gasteiger partial charge in [0.15, 0.2) is 23.3 Å². The summed E-state index contributed by atoms with van der Waals surface area (Å²) in [5.74, 6) is -11.5. The third-order valence-electron chi connectivity index (χ3n) is 2.23. The van der Waals surface area contributed by atoms with Gasteiger partial charge in [-0.1, -0.05) is 0 Å². The first-order valence-electron chi connectivity index (χ1n) is 4.65. The first-order chi connectivity index (χ1) is 8.31. The molecule has 8 heteroatoms. The minimum absolute atomic E-state index is 0.863. The van der Waals surface area contributed by atoms with Crippen molar-refractivity contribution in [2.75, 3.05) is 7.11 Å². The van der Waals surface area contributed by atoms with Crippen LogP contribution in [0.2, 0.25) is 0 Å². The molecule has 0 aliphatic rings. The lowest BCUT2D eigenvalue weighted by Crippen LogP contribution is -2.34. The summed E-state index contributed by atoms with van der Waals surface area (Å²) < 4.78 is 68.9. The minimum Gasteiger partial charge on any atom is -0.468 e. The van der Waals surface area contributed by atoms with Gasteiger partial charge < -0.3 is 10.5 Å². The molecule has 0 heterocycles. The van der Waals surface area contributed by atoms with E-state index in [0.717, 1.165) is 7.11 Å². The highest BCUT2D eigenvalue weighted by Gasteiger charge is 2.28. The Bertz CT molecular complexity index is 463. The summed E-state index contributed by atoms with van der Waals surface area (Å²) in [4.78, 5) is 10.9. The molecule has 1 rings (SSSR count). The van der Waals surface area contributed by atoms with E-state index in [1.54, 1.807) is 0 Å². The van der Waals surface area contributed by atoms with Gasteiger partial charge in [-0.25, -0.2) is 22.0 Å². The van der Waals surface area contributed by atoms with Gasteiger partial charge in [-0.2, -0.15) is 0 Å². The zero-order valence-corrected chi connectivity index (χ0v) is 9.07. The van der Waals surface area contributed by atoms with Crippen molar-refractivity contribution in [3.63, 3.8) is 0 Å². The van der Waals surface area contributed by atoms with Crippen LogP contribution < -0.4 is 5.73 Å². The SMILES string of the molecule is COC(=O)[C@@H](N)Cc1c(F)c(F)c(F)c(F)c1F. The smallest absolute Gasteiger partial charge is 0.322 e. The summed E-state index contributed by atoms with van der Waals surface area (Å²) in [6.45, 7) is 0. The van der Waals surface area contributed by atoms with Crippen LogP contribution in [0.1, 0.15) is 5.56 Å². The van der Waals surface area contributed by atoms with Crippen LogP contribution >= 0.6 is 0 Å². The van der Waals surface area contributed by atoms with E-state index in [9.17, 15) is 26.7 Å². The molecule has 0 fully saturated rings. The van der Waals surface area contributed by atoms with Gasteiger partial charge >= 0.3 is 5.97 Å². The lowest BCUT2D eigenvalue weighted by Gasteiger charge is -2.12. The summed E-state index contributed by atoms with van der Waals surface area (Å²) in [6.07, 6.45) is -0.863. The van der Waals surface area contributed by atoms with Crippen LogP contribution in [-0.4, -0.2) is 19.1 Å². The lowest BCUT2D eigenvalue weighted by atomic mass is 10.0. The van der Waals surface area contributed by atoms with Crippen LogP contribution in [0.5, 0.6) is 0 Å². The Morgan fingerprint density at radius 1 is 1.06 bits per heavy atom. The molecule has 0 bridgehead atoms. The molecule has 1 aromatic rings. The van der Waals surface area contributed by atoms with E-state index >= 15 is 0 Å². The maximum atomic E-state index is 13.2. The Balaban J connectivity index is 3.22. The van der Waals surface area contributed by atoms with Crippen LogP contribution in [0.15, 0.2) is 0 Å². The van der Waals surface area contributed by atoms with Gasteiger partial charge in [0.1, 0.15) is 6.04 Å². The van der Waals surface area contributed by atoms with Gasteiger partial charge in [-0.05, 0) is 0 Å². The van der Waals surface area contributed by atoms with E-state index < -0.39 is 53.1 Å². The number of hydrogen-bond donors (Lipinski definition) is 1. The number of benzene rings is 1. The van der Waals surface area contributed by atoms with Crippen molar-refractivity contribution in [2.24, 2.45) is 5.73 Å². The molecule has 0 unspecified atom stereocenters. The highest BCUT2D eigenvalue weighted by Crippen LogP contribution is 2.23. The van der Waals surface area contributed by atoms with E-state index in [0.29, 0.717) is 0 Å². The first-order valence-corrected chi connectivity index (χ1v) is 4.65. The molecule has 100 valence electrons.